The quantitative estimate of drug-likeness (QED) is 0.395. The zero-order valence-corrected chi connectivity index (χ0v) is 18.1. The van der Waals surface area contributed by atoms with Gasteiger partial charge >= 0.3 is 12.0 Å². The highest BCUT2D eigenvalue weighted by atomic mass is 16.5. The van der Waals surface area contributed by atoms with Gasteiger partial charge < -0.3 is 20.4 Å². The summed E-state index contributed by atoms with van der Waals surface area (Å²) < 4.78 is 5.43. The summed E-state index contributed by atoms with van der Waals surface area (Å²) in [5.41, 5.74) is 3.33. The number of fused-ring (bicyclic) bond motifs is 1. The molecule has 0 aliphatic carbocycles. The van der Waals surface area contributed by atoms with Crippen molar-refractivity contribution in [3.8, 4) is 0 Å². The molecule has 31 heavy (non-hydrogen) atoms. The van der Waals surface area contributed by atoms with Crippen molar-refractivity contribution in [2.24, 2.45) is 0 Å². The van der Waals surface area contributed by atoms with Crippen LogP contribution >= 0.6 is 0 Å². The van der Waals surface area contributed by atoms with Crippen molar-refractivity contribution in [2.75, 3.05) is 0 Å². The minimum Gasteiger partial charge on any atom is -0.451 e. The van der Waals surface area contributed by atoms with Crippen molar-refractivity contribution in [3.63, 3.8) is 0 Å². The maximum atomic E-state index is 12.9. The molecule has 0 spiro atoms. The Hall–Kier alpha value is -3.61. The van der Waals surface area contributed by atoms with Gasteiger partial charge in [0.2, 0.25) is 5.78 Å². The summed E-state index contributed by atoms with van der Waals surface area (Å²) in [6, 6.07) is 14.0. The third-order valence-electron chi connectivity index (χ3n) is 4.86. The number of aromatic nitrogens is 1. The Balaban J connectivity index is 1.62. The van der Waals surface area contributed by atoms with Crippen LogP contribution in [0.3, 0.4) is 0 Å². The molecule has 0 unspecified atom stereocenters. The third-order valence-corrected chi connectivity index (χ3v) is 4.86. The van der Waals surface area contributed by atoms with Crippen molar-refractivity contribution in [1.29, 1.82) is 0 Å². The lowest BCUT2D eigenvalue weighted by atomic mass is 10.0. The summed E-state index contributed by atoms with van der Waals surface area (Å²) in [4.78, 5) is 40.3. The summed E-state index contributed by atoms with van der Waals surface area (Å²) in [5.74, 6) is -0.823. The van der Waals surface area contributed by atoms with Gasteiger partial charge in [-0.3, -0.25) is 4.79 Å². The molecule has 3 aromatic rings. The first-order valence-electron chi connectivity index (χ1n) is 10.2. The predicted octanol–water partition coefficient (Wildman–Crippen LogP) is 4.11. The van der Waals surface area contributed by atoms with E-state index in [9.17, 15) is 14.4 Å². The highest BCUT2D eigenvalue weighted by Gasteiger charge is 2.24. The largest absolute Gasteiger partial charge is 0.451 e. The van der Waals surface area contributed by atoms with Crippen LogP contribution in [0.25, 0.3) is 10.9 Å². The van der Waals surface area contributed by atoms with E-state index in [4.69, 9.17) is 4.74 Å². The summed E-state index contributed by atoms with van der Waals surface area (Å²) >= 11 is 0. The first-order chi connectivity index (χ1) is 14.8. The Labute approximate surface area is 181 Å². The van der Waals surface area contributed by atoms with Crippen LogP contribution in [0.1, 0.15) is 52.7 Å². The fourth-order valence-electron chi connectivity index (χ4n) is 3.33. The molecule has 1 aromatic heterocycles. The van der Waals surface area contributed by atoms with Crippen LogP contribution in [0.15, 0.2) is 48.5 Å². The number of rotatable bonds is 7. The number of nitrogens with one attached hydrogen (secondary N) is 3. The van der Waals surface area contributed by atoms with Crippen molar-refractivity contribution in [2.45, 2.75) is 46.4 Å². The molecule has 3 rings (SSSR count). The number of carbonyl (C=O) groups excluding carboxylic acids is 3. The smallest absolute Gasteiger partial charge is 0.338 e. The van der Waals surface area contributed by atoms with E-state index in [1.54, 1.807) is 31.2 Å². The van der Waals surface area contributed by atoms with E-state index < -0.39 is 12.1 Å². The van der Waals surface area contributed by atoms with Gasteiger partial charge in [-0.15, -0.1) is 0 Å². The van der Waals surface area contributed by atoms with E-state index in [1.807, 2.05) is 45.0 Å². The van der Waals surface area contributed by atoms with Gasteiger partial charge in [-0.2, -0.15) is 0 Å². The number of hydrogen-bond acceptors (Lipinski definition) is 4. The van der Waals surface area contributed by atoms with Gasteiger partial charge in [0.25, 0.3) is 0 Å². The van der Waals surface area contributed by atoms with E-state index in [2.05, 4.69) is 15.6 Å². The van der Waals surface area contributed by atoms with Crippen LogP contribution < -0.4 is 10.6 Å². The van der Waals surface area contributed by atoms with Crippen molar-refractivity contribution < 1.29 is 19.1 Å². The molecule has 2 amide bonds. The number of para-hydroxylation sites is 1. The van der Waals surface area contributed by atoms with Crippen molar-refractivity contribution in [3.05, 3.63) is 70.9 Å². The molecule has 162 valence electrons. The monoisotopic (exact) mass is 421 g/mol. The van der Waals surface area contributed by atoms with Crippen molar-refractivity contribution in [1.82, 2.24) is 15.6 Å². The second-order valence-electron chi connectivity index (χ2n) is 7.76. The number of benzene rings is 2. The van der Waals surface area contributed by atoms with E-state index in [0.717, 1.165) is 22.2 Å². The maximum absolute atomic E-state index is 12.9. The minimum atomic E-state index is -0.925. The molecule has 0 aliphatic heterocycles. The molecule has 0 radical (unpaired) electrons. The average molecular weight is 421 g/mol. The number of amides is 2. The molecule has 0 fully saturated rings. The lowest BCUT2D eigenvalue weighted by Crippen LogP contribution is -2.39. The van der Waals surface area contributed by atoms with Gasteiger partial charge in [-0.25, -0.2) is 9.59 Å². The van der Waals surface area contributed by atoms with Crippen LogP contribution in [0.4, 0.5) is 4.79 Å². The highest BCUT2D eigenvalue weighted by molar-refractivity contribution is 6.11. The van der Waals surface area contributed by atoms with Gasteiger partial charge in [0.05, 0.1) is 5.56 Å². The first kappa shape index (κ1) is 22.1. The molecular weight excluding hydrogens is 394 g/mol. The number of carbonyl (C=O) groups is 3. The lowest BCUT2D eigenvalue weighted by molar-refractivity contribution is 0.0319. The summed E-state index contributed by atoms with van der Waals surface area (Å²) in [7, 11) is 0. The lowest BCUT2D eigenvalue weighted by Gasteiger charge is -2.13. The first-order valence-corrected chi connectivity index (χ1v) is 10.2. The summed E-state index contributed by atoms with van der Waals surface area (Å²) in [6.07, 6.45) is -0.925. The van der Waals surface area contributed by atoms with Gasteiger partial charge in [-0.1, -0.05) is 30.3 Å². The second-order valence-corrected chi connectivity index (χ2v) is 7.76. The van der Waals surface area contributed by atoms with E-state index in [-0.39, 0.29) is 17.9 Å². The molecule has 1 atom stereocenters. The summed E-state index contributed by atoms with van der Waals surface area (Å²) in [5, 5.41) is 6.30. The third kappa shape index (κ3) is 5.31. The molecule has 0 bridgehead atoms. The zero-order valence-electron chi connectivity index (χ0n) is 18.1. The van der Waals surface area contributed by atoms with Crippen LogP contribution in [-0.4, -0.2) is 34.9 Å². The number of urea groups is 1. The van der Waals surface area contributed by atoms with Gasteiger partial charge in [-0.05, 0) is 51.5 Å². The Morgan fingerprint density at radius 1 is 1.00 bits per heavy atom. The molecule has 0 saturated carbocycles. The van der Waals surface area contributed by atoms with Crippen molar-refractivity contribution >= 4 is 28.7 Å². The Morgan fingerprint density at radius 2 is 1.68 bits per heavy atom. The minimum absolute atomic E-state index is 0.0508. The van der Waals surface area contributed by atoms with Gasteiger partial charge in [0.15, 0.2) is 6.10 Å². The van der Waals surface area contributed by atoms with Crippen LogP contribution in [0, 0.1) is 6.92 Å². The number of esters is 1. The Morgan fingerprint density at radius 3 is 2.35 bits per heavy atom. The van der Waals surface area contributed by atoms with Crippen LogP contribution in [-0.2, 0) is 11.3 Å². The maximum Gasteiger partial charge on any atom is 0.338 e. The van der Waals surface area contributed by atoms with E-state index in [0.29, 0.717) is 17.7 Å². The van der Waals surface area contributed by atoms with Crippen LogP contribution in [0.2, 0.25) is 0 Å². The predicted molar refractivity (Wildman–Crippen MR) is 119 cm³/mol. The molecule has 7 heteroatoms. The second kappa shape index (κ2) is 9.47. The highest BCUT2D eigenvalue weighted by Crippen LogP contribution is 2.24. The molecular formula is C24H27N3O4. The number of ether oxygens (including phenoxy) is 1. The number of hydrogen-bond donors (Lipinski definition) is 3. The van der Waals surface area contributed by atoms with Crippen LogP contribution in [0.5, 0.6) is 0 Å². The number of Topliss-reactive ketones (excluding diaryl/α,β-unsaturated/α-hetero) is 1. The molecule has 3 N–H and O–H groups in total. The number of ketones is 1. The molecule has 7 nitrogen and oxygen atoms in total. The molecule has 1 heterocycles. The number of aromatic amines is 1. The molecule has 0 aliphatic rings. The topological polar surface area (TPSA) is 100 Å². The van der Waals surface area contributed by atoms with E-state index >= 15 is 0 Å². The SMILES string of the molecule is Cc1[nH]c2ccccc2c1C(=O)[C@@H](C)OC(=O)c1ccc(CNC(=O)NC(C)C)cc1. The fraction of sp³-hybridized carbons (Fsp3) is 0.292. The molecule has 2 aromatic carbocycles. The van der Waals surface area contributed by atoms with E-state index in [1.165, 1.54) is 0 Å². The number of H-pyrrole nitrogens is 1. The standard InChI is InChI=1S/C24H27N3O4/c1-14(2)26-24(30)25-13-17-9-11-18(12-10-17)23(29)31-16(4)22(28)21-15(3)27-20-8-6-5-7-19(20)21/h5-12,14,16,27H,13H2,1-4H3,(H2,25,26,30)/t16-/m1/s1. The van der Waals surface area contributed by atoms with Gasteiger partial charge in [0, 0.05) is 34.7 Å². The molecule has 0 saturated heterocycles. The summed E-state index contributed by atoms with van der Waals surface area (Å²) in [6.45, 7) is 7.50. The average Bonchev–Trinajstić information content (AvgIpc) is 3.07. The fourth-order valence-corrected chi connectivity index (χ4v) is 3.33. The Kier molecular flexibility index (Phi) is 6.74. The van der Waals surface area contributed by atoms with Gasteiger partial charge in [0.1, 0.15) is 0 Å². The zero-order chi connectivity index (χ0) is 22.5. The number of aryl methyl sites for hydroxylation is 1. The Bertz CT molecular complexity index is 1100. The normalized spacial score (nSPS) is 11.9.